The largest absolute Gasteiger partial charge is 0.465 e. The maximum absolute atomic E-state index is 12.4. The van der Waals surface area contributed by atoms with E-state index in [0.29, 0.717) is 24.8 Å². The van der Waals surface area contributed by atoms with Crippen LogP contribution in [0.15, 0.2) is 0 Å². The van der Waals surface area contributed by atoms with Crippen LogP contribution in [0.25, 0.3) is 0 Å². The first-order chi connectivity index (χ1) is 17.0. The zero-order chi connectivity index (χ0) is 26.0. The van der Waals surface area contributed by atoms with Crippen molar-refractivity contribution < 1.29 is 9.53 Å². The minimum Gasteiger partial charge on any atom is -0.465 e. The summed E-state index contributed by atoms with van der Waals surface area (Å²) in [6.07, 6.45) is 23.5. The highest BCUT2D eigenvalue weighted by Crippen LogP contribution is 2.20. The van der Waals surface area contributed by atoms with E-state index in [0.717, 1.165) is 44.8 Å². The summed E-state index contributed by atoms with van der Waals surface area (Å²) in [6, 6.07) is 0. The summed E-state index contributed by atoms with van der Waals surface area (Å²) in [7, 11) is 0. The Morgan fingerprint density at radius 3 is 1.77 bits per heavy atom. The summed E-state index contributed by atoms with van der Waals surface area (Å²) in [5.41, 5.74) is 0. The van der Waals surface area contributed by atoms with Gasteiger partial charge in [0, 0.05) is 18.8 Å². The van der Waals surface area contributed by atoms with Gasteiger partial charge in [0.1, 0.15) is 0 Å². The Balaban J connectivity index is 4.12. The third kappa shape index (κ3) is 25.2. The standard InChI is InChI=1S/C31H62ClNO2/c1-5-7-9-11-13-16-20-30(21-17-14-12-10-8-6-2)28-35-31(34)22-18-15-19-25-33(27-24-32)26-23-29(3)4/h29-30H,5-28H2,1-4H3. The van der Waals surface area contributed by atoms with Crippen LogP contribution in [-0.4, -0.2) is 43.0 Å². The lowest BCUT2D eigenvalue weighted by molar-refractivity contribution is -0.145. The average Bonchev–Trinajstić information content (AvgIpc) is 2.84. The number of carbonyl (C=O) groups excluding carboxylic acids is 1. The van der Waals surface area contributed by atoms with E-state index < -0.39 is 0 Å². The Kier molecular flexibility index (Phi) is 26.6. The minimum absolute atomic E-state index is 0.0123. The molecule has 0 aromatic carbocycles. The fraction of sp³-hybridized carbons (Fsp3) is 0.968. The second-order valence-electron chi connectivity index (χ2n) is 11.2. The Morgan fingerprint density at radius 1 is 0.686 bits per heavy atom. The predicted molar refractivity (Wildman–Crippen MR) is 156 cm³/mol. The summed E-state index contributed by atoms with van der Waals surface area (Å²) in [5.74, 6) is 2.00. The average molecular weight is 516 g/mol. The van der Waals surface area contributed by atoms with Crippen LogP contribution in [0, 0.1) is 11.8 Å². The molecular formula is C31H62ClNO2. The Labute approximate surface area is 225 Å². The van der Waals surface area contributed by atoms with Crippen molar-refractivity contribution in [3.63, 3.8) is 0 Å². The monoisotopic (exact) mass is 515 g/mol. The zero-order valence-corrected chi connectivity index (χ0v) is 25.0. The molecule has 0 saturated heterocycles. The van der Waals surface area contributed by atoms with E-state index in [1.807, 2.05) is 0 Å². The Bertz CT molecular complexity index is 428. The van der Waals surface area contributed by atoms with Gasteiger partial charge in [-0.15, -0.1) is 11.6 Å². The van der Waals surface area contributed by atoms with Crippen LogP contribution < -0.4 is 0 Å². The van der Waals surface area contributed by atoms with Gasteiger partial charge in [0.15, 0.2) is 0 Å². The summed E-state index contributed by atoms with van der Waals surface area (Å²) >= 11 is 5.97. The van der Waals surface area contributed by atoms with E-state index in [1.165, 1.54) is 96.3 Å². The van der Waals surface area contributed by atoms with Gasteiger partial charge in [0.2, 0.25) is 0 Å². The normalized spacial score (nSPS) is 11.8. The number of rotatable bonds is 27. The summed E-state index contributed by atoms with van der Waals surface area (Å²) in [4.78, 5) is 14.8. The number of hydrogen-bond acceptors (Lipinski definition) is 3. The number of nitrogens with zero attached hydrogens (tertiary/aromatic N) is 1. The van der Waals surface area contributed by atoms with E-state index in [9.17, 15) is 4.79 Å². The third-order valence-electron chi connectivity index (χ3n) is 7.19. The maximum atomic E-state index is 12.4. The van der Waals surface area contributed by atoms with Crippen molar-refractivity contribution in [3.8, 4) is 0 Å². The van der Waals surface area contributed by atoms with Gasteiger partial charge in [-0.05, 0) is 57.0 Å². The van der Waals surface area contributed by atoms with Crippen LogP contribution in [0.1, 0.15) is 150 Å². The van der Waals surface area contributed by atoms with Gasteiger partial charge in [-0.2, -0.15) is 0 Å². The molecule has 0 aliphatic heterocycles. The first-order valence-corrected chi connectivity index (χ1v) is 16.0. The van der Waals surface area contributed by atoms with Crippen molar-refractivity contribution in [2.24, 2.45) is 11.8 Å². The molecule has 0 aromatic heterocycles. The molecule has 0 heterocycles. The van der Waals surface area contributed by atoms with Crippen LogP contribution in [0.3, 0.4) is 0 Å². The van der Waals surface area contributed by atoms with E-state index in [-0.39, 0.29) is 5.97 Å². The highest BCUT2D eigenvalue weighted by molar-refractivity contribution is 6.18. The van der Waals surface area contributed by atoms with Gasteiger partial charge < -0.3 is 9.64 Å². The molecule has 0 aliphatic carbocycles. The van der Waals surface area contributed by atoms with E-state index >= 15 is 0 Å². The fourth-order valence-electron chi connectivity index (χ4n) is 4.70. The SMILES string of the molecule is CCCCCCCCC(CCCCCCCC)COC(=O)CCCCCN(CCCl)CCC(C)C. The molecule has 0 radical (unpaired) electrons. The van der Waals surface area contributed by atoms with Gasteiger partial charge in [-0.3, -0.25) is 4.79 Å². The molecule has 0 spiro atoms. The lowest BCUT2D eigenvalue weighted by atomic mass is 9.94. The molecule has 0 aromatic rings. The van der Waals surface area contributed by atoms with Crippen molar-refractivity contribution in [1.29, 1.82) is 0 Å². The summed E-state index contributed by atoms with van der Waals surface area (Å²) < 4.78 is 5.76. The second kappa shape index (κ2) is 26.8. The van der Waals surface area contributed by atoms with E-state index in [2.05, 4.69) is 32.6 Å². The molecule has 0 N–H and O–H groups in total. The number of carbonyl (C=O) groups is 1. The molecule has 210 valence electrons. The van der Waals surface area contributed by atoms with Crippen LogP contribution in [-0.2, 0) is 9.53 Å². The van der Waals surface area contributed by atoms with Crippen molar-refractivity contribution in [3.05, 3.63) is 0 Å². The topological polar surface area (TPSA) is 29.5 Å². The van der Waals surface area contributed by atoms with Crippen molar-refractivity contribution in [2.45, 2.75) is 150 Å². The number of halogens is 1. The molecule has 0 atom stereocenters. The molecule has 3 nitrogen and oxygen atoms in total. The summed E-state index contributed by atoms with van der Waals surface area (Å²) in [6.45, 7) is 12.9. The zero-order valence-electron chi connectivity index (χ0n) is 24.3. The van der Waals surface area contributed by atoms with Gasteiger partial charge in [-0.1, -0.05) is 111 Å². The van der Waals surface area contributed by atoms with Crippen LogP contribution in [0.5, 0.6) is 0 Å². The fourth-order valence-corrected chi connectivity index (χ4v) is 4.94. The molecule has 0 fully saturated rings. The first-order valence-electron chi connectivity index (χ1n) is 15.5. The minimum atomic E-state index is 0.0123. The lowest BCUT2D eigenvalue weighted by Gasteiger charge is -2.22. The molecule has 0 aliphatic rings. The summed E-state index contributed by atoms with van der Waals surface area (Å²) in [5, 5.41) is 0. The van der Waals surface area contributed by atoms with Crippen molar-refractivity contribution in [2.75, 3.05) is 32.1 Å². The third-order valence-corrected chi connectivity index (χ3v) is 7.36. The molecular weight excluding hydrogens is 454 g/mol. The Morgan fingerprint density at radius 2 is 1.23 bits per heavy atom. The highest BCUT2D eigenvalue weighted by atomic mass is 35.5. The number of esters is 1. The Hall–Kier alpha value is -0.280. The van der Waals surface area contributed by atoms with Crippen molar-refractivity contribution >= 4 is 17.6 Å². The van der Waals surface area contributed by atoms with E-state index in [1.54, 1.807) is 0 Å². The number of alkyl halides is 1. The molecule has 0 saturated carbocycles. The molecule has 0 bridgehead atoms. The molecule has 35 heavy (non-hydrogen) atoms. The lowest BCUT2D eigenvalue weighted by Crippen LogP contribution is -2.29. The van der Waals surface area contributed by atoms with Gasteiger partial charge in [-0.25, -0.2) is 0 Å². The quantitative estimate of drug-likeness (QED) is 0.0619. The smallest absolute Gasteiger partial charge is 0.305 e. The predicted octanol–water partition coefficient (Wildman–Crippen LogP) is 9.79. The maximum Gasteiger partial charge on any atom is 0.305 e. The number of ether oxygens (including phenoxy) is 1. The highest BCUT2D eigenvalue weighted by Gasteiger charge is 2.13. The molecule has 0 amide bonds. The number of unbranched alkanes of at least 4 members (excludes halogenated alkanes) is 12. The molecule has 4 heteroatoms. The second-order valence-corrected chi connectivity index (χ2v) is 11.6. The van der Waals surface area contributed by atoms with Crippen LogP contribution in [0.2, 0.25) is 0 Å². The van der Waals surface area contributed by atoms with Gasteiger partial charge >= 0.3 is 5.97 Å². The van der Waals surface area contributed by atoms with Gasteiger partial charge in [0.25, 0.3) is 0 Å². The number of hydrogen-bond donors (Lipinski definition) is 0. The van der Waals surface area contributed by atoms with Crippen LogP contribution >= 0.6 is 11.6 Å². The van der Waals surface area contributed by atoms with Crippen molar-refractivity contribution in [1.82, 2.24) is 4.90 Å². The van der Waals surface area contributed by atoms with Crippen LogP contribution in [0.4, 0.5) is 0 Å². The molecule has 0 unspecified atom stereocenters. The van der Waals surface area contributed by atoms with E-state index in [4.69, 9.17) is 16.3 Å². The molecule has 0 rings (SSSR count). The first kappa shape index (κ1) is 34.7. The van der Waals surface area contributed by atoms with Gasteiger partial charge in [0.05, 0.1) is 6.61 Å².